The molecule has 6 nitrogen and oxygen atoms in total. The Labute approximate surface area is 175 Å². The highest BCUT2D eigenvalue weighted by Gasteiger charge is 2.28. The lowest BCUT2D eigenvalue weighted by Crippen LogP contribution is -2.54. The molecule has 0 saturated carbocycles. The van der Waals surface area contributed by atoms with E-state index in [0.29, 0.717) is 18.5 Å². The standard InChI is InChI=1S/C23H37N3O3/c1-6-9-11-19(25-23(29)21(16(4)5)26-20(27)8-3)22(28)24-18-14-12-17(10-7-2)13-15-18/h12-16,19,21H,6-11H2,1-5H3,(H,24,28)(H,25,29)(H,26,27). The predicted molar refractivity (Wildman–Crippen MR) is 118 cm³/mol. The van der Waals surface area contributed by atoms with Crippen LogP contribution in [-0.2, 0) is 20.8 Å². The summed E-state index contributed by atoms with van der Waals surface area (Å²) in [5, 5.41) is 8.50. The van der Waals surface area contributed by atoms with Crippen LogP contribution < -0.4 is 16.0 Å². The summed E-state index contributed by atoms with van der Waals surface area (Å²) in [6.45, 7) is 9.66. The maximum absolute atomic E-state index is 12.8. The summed E-state index contributed by atoms with van der Waals surface area (Å²) >= 11 is 0. The largest absolute Gasteiger partial charge is 0.344 e. The highest BCUT2D eigenvalue weighted by atomic mass is 16.2. The fourth-order valence-corrected chi connectivity index (χ4v) is 3.02. The number of carbonyl (C=O) groups is 3. The number of unbranched alkanes of at least 4 members (excludes halogenated alkanes) is 1. The molecule has 0 heterocycles. The molecule has 6 heteroatoms. The second kappa shape index (κ2) is 13.0. The van der Waals surface area contributed by atoms with Gasteiger partial charge in [0, 0.05) is 12.1 Å². The zero-order valence-electron chi connectivity index (χ0n) is 18.5. The van der Waals surface area contributed by atoms with Crippen molar-refractivity contribution in [3.05, 3.63) is 29.8 Å². The lowest BCUT2D eigenvalue weighted by molar-refractivity contribution is -0.132. The van der Waals surface area contributed by atoms with Crippen LogP contribution in [0.3, 0.4) is 0 Å². The smallest absolute Gasteiger partial charge is 0.246 e. The summed E-state index contributed by atoms with van der Waals surface area (Å²) in [4.78, 5) is 37.4. The molecule has 2 unspecified atom stereocenters. The fraction of sp³-hybridized carbons (Fsp3) is 0.609. The molecule has 29 heavy (non-hydrogen) atoms. The third-order valence-electron chi connectivity index (χ3n) is 4.83. The van der Waals surface area contributed by atoms with Gasteiger partial charge in [-0.15, -0.1) is 0 Å². The van der Waals surface area contributed by atoms with Crippen molar-refractivity contribution in [2.45, 2.75) is 85.2 Å². The molecule has 1 aromatic carbocycles. The molecular formula is C23H37N3O3. The first kappa shape index (κ1) is 24.7. The van der Waals surface area contributed by atoms with Gasteiger partial charge in [-0.05, 0) is 36.5 Å². The van der Waals surface area contributed by atoms with E-state index in [1.165, 1.54) is 5.56 Å². The average Bonchev–Trinajstić information content (AvgIpc) is 2.70. The van der Waals surface area contributed by atoms with Crippen molar-refractivity contribution in [1.82, 2.24) is 10.6 Å². The Balaban J connectivity index is 2.84. The molecule has 0 aromatic heterocycles. The molecule has 3 amide bonds. The number of nitrogens with one attached hydrogen (secondary N) is 3. The lowest BCUT2D eigenvalue weighted by atomic mass is 10.0. The predicted octanol–water partition coefficient (Wildman–Crippen LogP) is 3.80. The molecule has 2 atom stereocenters. The van der Waals surface area contributed by atoms with Crippen LogP contribution in [0, 0.1) is 5.92 Å². The molecule has 0 bridgehead atoms. The van der Waals surface area contributed by atoms with E-state index >= 15 is 0 Å². The maximum Gasteiger partial charge on any atom is 0.246 e. The van der Waals surface area contributed by atoms with Crippen LogP contribution in [0.15, 0.2) is 24.3 Å². The van der Waals surface area contributed by atoms with Crippen LogP contribution in [0.4, 0.5) is 5.69 Å². The van der Waals surface area contributed by atoms with Crippen LogP contribution in [0.2, 0.25) is 0 Å². The van der Waals surface area contributed by atoms with Crippen LogP contribution in [0.1, 0.15) is 72.3 Å². The molecule has 1 aromatic rings. The summed E-state index contributed by atoms with van der Waals surface area (Å²) < 4.78 is 0. The van der Waals surface area contributed by atoms with Gasteiger partial charge in [0.1, 0.15) is 12.1 Å². The summed E-state index contributed by atoms with van der Waals surface area (Å²) in [5.74, 6) is -0.817. The Bertz CT molecular complexity index is 656. The van der Waals surface area contributed by atoms with Gasteiger partial charge in [-0.2, -0.15) is 0 Å². The normalized spacial score (nSPS) is 12.9. The van der Waals surface area contributed by atoms with Crippen molar-refractivity contribution in [2.24, 2.45) is 5.92 Å². The fourth-order valence-electron chi connectivity index (χ4n) is 3.02. The molecule has 162 valence electrons. The molecule has 0 fully saturated rings. The Hall–Kier alpha value is -2.37. The molecule has 3 N–H and O–H groups in total. The topological polar surface area (TPSA) is 87.3 Å². The van der Waals surface area contributed by atoms with Crippen LogP contribution in [0.5, 0.6) is 0 Å². The molecular weight excluding hydrogens is 366 g/mol. The van der Waals surface area contributed by atoms with E-state index in [2.05, 4.69) is 22.9 Å². The van der Waals surface area contributed by atoms with Crippen LogP contribution in [-0.4, -0.2) is 29.8 Å². The van der Waals surface area contributed by atoms with E-state index in [-0.39, 0.29) is 23.6 Å². The number of carbonyl (C=O) groups excluding carboxylic acids is 3. The highest BCUT2D eigenvalue weighted by Crippen LogP contribution is 2.13. The van der Waals surface area contributed by atoms with Gasteiger partial charge in [0.05, 0.1) is 0 Å². The first-order valence-electron chi connectivity index (χ1n) is 10.8. The van der Waals surface area contributed by atoms with E-state index < -0.39 is 12.1 Å². The number of anilines is 1. The maximum atomic E-state index is 12.8. The number of benzene rings is 1. The quantitative estimate of drug-likeness (QED) is 0.496. The minimum absolute atomic E-state index is 0.0773. The van der Waals surface area contributed by atoms with E-state index in [4.69, 9.17) is 0 Å². The van der Waals surface area contributed by atoms with Crippen LogP contribution >= 0.6 is 0 Å². The molecule has 0 aliphatic heterocycles. The Morgan fingerprint density at radius 2 is 1.55 bits per heavy atom. The van der Waals surface area contributed by atoms with E-state index in [1.54, 1.807) is 6.92 Å². The molecule has 0 saturated heterocycles. The van der Waals surface area contributed by atoms with Gasteiger partial charge in [0.25, 0.3) is 0 Å². The van der Waals surface area contributed by atoms with Crippen molar-refractivity contribution < 1.29 is 14.4 Å². The first-order chi connectivity index (χ1) is 13.8. The Kier molecular flexibility index (Phi) is 11.0. The van der Waals surface area contributed by atoms with Gasteiger partial charge in [0.15, 0.2) is 0 Å². The van der Waals surface area contributed by atoms with Crippen molar-refractivity contribution in [3.63, 3.8) is 0 Å². The zero-order valence-corrected chi connectivity index (χ0v) is 18.5. The summed E-state index contributed by atoms with van der Waals surface area (Å²) in [6.07, 6.45) is 4.68. The van der Waals surface area contributed by atoms with Gasteiger partial charge in [-0.3, -0.25) is 14.4 Å². The summed E-state index contributed by atoms with van der Waals surface area (Å²) in [6, 6.07) is 6.49. The van der Waals surface area contributed by atoms with E-state index in [9.17, 15) is 14.4 Å². The van der Waals surface area contributed by atoms with Crippen molar-refractivity contribution in [3.8, 4) is 0 Å². The molecule has 0 aliphatic rings. The molecule has 0 radical (unpaired) electrons. The molecule has 0 aliphatic carbocycles. The van der Waals surface area contributed by atoms with Gasteiger partial charge in [-0.1, -0.05) is 66.0 Å². The van der Waals surface area contributed by atoms with Gasteiger partial charge >= 0.3 is 0 Å². The number of hydrogen-bond donors (Lipinski definition) is 3. The van der Waals surface area contributed by atoms with Crippen molar-refractivity contribution in [2.75, 3.05) is 5.32 Å². The third kappa shape index (κ3) is 8.67. The number of amides is 3. The monoisotopic (exact) mass is 403 g/mol. The molecule has 0 spiro atoms. The number of rotatable bonds is 12. The Morgan fingerprint density at radius 1 is 0.897 bits per heavy atom. The van der Waals surface area contributed by atoms with Crippen molar-refractivity contribution >= 4 is 23.4 Å². The summed E-state index contributed by atoms with van der Waals surface area (Å²) in [5.41, 5.74) is 1.94. The number of hydrogen-bond acceptors (Lipinski definition) is 3. The first-order valence-corrected chi connectivity index (χ1v) is 10.8. The average molecular weight is 404 g/mol. The minimum Gasteiger partial charge on any atom is -0.344 e. The minimum atomic E-state index is -0.660. The Morgan fingerprint density at radius 3 is 2.07 bits per heavy atom. The van der Waals surface area contributed by atoms with E-state index in [0.717, 1.165) is 25.7 Å². The third-order valence-corrected chi connectivity index (χ3v) is 4.83. The lowest BCUT2D eigenvalue weighted by Gasteiger charge is -2.25. The second-order valence-corrected chi connectivity index (χ2v) is 7.78. The summed E-state index contributed by atoms with van der Waals surface area (Å²) in [7, 11) is 0. The van der Waals surface area contributed by atoms with Gasteiger partial charge in [0.2, 0.25) is 17.7 Å². The van der Waals surface area contributed by atoms with Gasteiger partial charge < -0.3 is 16.0 Å². The second-order valence-electron chi connectivity index (χ2n) is 7.78. The molecule has 1 rings (SSSR count). The van der Waals surface area contributed by atoms with Gasteiger partial charge in [-0.25, -0.2) is 0 Å². The number of aryl methyl sites for hydroxylation is 1. The van der Waals surface area contributed by atoms with Crippen molar-refractivity contribution in [1.29, 1.82) is 0 Å². The SMILES string of the molecule is CCCCC(NC(=O)C(NC(=O)CC)C(C)C)C(=O)Nc1ccc(CCC)cc1. The zero-order chi connectivity index (χ0) is 21.8. The van der Waals surface area contributed by atoms with Crippen LogP contribution in [0.25, 0.3) is 0 Å². The van der Waals surface area contributed by atoms with E-state index in [1.807, 2.05) is 45.0 Å². The highest BCUT2D eigenvalue weighted by molar-refractivity contribution is 5.98.